The van der Waals surface area contributed by atoms with Crippen molar-refractivity contribution in [2.24, 2.45) is 0 Å². The Morgan fingerprint density at radius 1 is 1.17 bits per heavy atom. The fourth-order valence-electron chi connectivity index (χ4n) is 1.65. The van der Waals surface area contributed by atoms with Crippen LogP contribution < -0.4 is 0 Å². The molecule has 90 valence electrons. The predicted octanol–water partition coefficient (Wildman–Crippen LogP) is 5.03. The van der Waals surface area contributed by atoms with Crippen LogP contribution >= 0.6 is 27.7 Å². The summed E-state index contributed by atoms with van der Waals surface area (Å²) in [5.74, 6) is 0. The van der Waals surface area contributed by atoms with Crippen molar-refractivity contribution in [2.75, 3.05) is 0 Å². The number of benzene rings is 2. The van der Waals surface area contributed by atoms with E-state index in [1.807, 2.05) is 24.3 Å². The first-order valence-electron chi connectivity index (χ1n) is 5.69. The number of rotatable bonds is 3. The standard InChI is InChI=1S/C15H12BrNS/c1-2-12-9-13(16)5-8-15(12)18-14-6-3-11(10-17)4-7-14/h3-9H,2H2,1H3. The van der Waals surface area contributed by atoms with Crippen LogP contribution in [-0.4, -0.2) is 0 Å². The number of nitriles is 1. The quantitative estimate of drug-likeness (QED) is 0.792. The topological polar surface area (TPSA) is 23.8 Å². The van der Waals surface area contributed by atoms with Crippen LogP contribution in [0.4, 0.5) is 0 Å². The lowest BCUT2D eigenvalue weighted by Crippen LogP contribution is -1.85. The van der Waals surface area contributed by atoms with Gasteiger partial charge in [0, 0.05) is 14.3 Å². The van der Waals surface area contributed by atoms with E-state index in [1.165, 1.54) is 10.5 Å². The lowest BCUT2D eigenvalue weighted by atomic mass is 10.2. The third-order valence-corrected chi connectivity index (χ3v) is 4.23. The summed E-state index contributed by atoms with van der Waals surface area (Å²) in [6.45, 7) is 2.16. The highest BCUT2D eigenvalue weighted by atomic mass is 79.9. The van der Waals surface area contributed by atoms with Crippen molar-refractivity contribution in [3.05, 3.63) is 58.1 Å². The van der Waals surface area contributed by atoms with Crippen LogP contribution in [0.5, 0.6) is 0 Å². The Balaban J connectivity index is 2.25. The van der Waals surface area contributed by atoms with Crippen molar-refractivity contribution in [1.29, 1.82) is 5.26 Å². The molecule has 18 heavy (non-hydrogen) atoms. The minimum absolute atomic E-state index is 0.700. The maximum absolute atomic E-state index is 8.77. The maximum atomic E-state index is 8.77. The van der Waals surface area contributed by atoms with Crippen molar-refractivity contribution in [2.45, 2.75) is 23.1 Å². The molecule has 0 unspecified atom stereocenters. The van der Waals surface area contributed by atoms with Crippen molar-refractivity contribution in [3.63, 3.8) is 0 Å². The Bertz CT molecular complexity index is 584. The highest BCUT2D eigenvalue weighted by molar-refractivity contribution is 9.10. The molecule has 0 aromatic heterocycles. The Hall–Kier alpha value is -1.24. The number of hydrogen-bond acceptors (Lipinski definition) is 2. The number of aryl methyl sites for hydroxylation is 1. The summed E-state index contributed by atoms with van der Waals surface area (Å²) in [5.41, 5.74) is 2.03. The molecule has 0 radical (unpaired) electrons. The van der Waals surface area contributed by atoms with E-state index >= 15 is 0 Å². The average Bonchev–Trinajstić information content (AvgIpc) is 2.41. The molecule has 2 aromatic carbocycles. The highest BCUT2D eigenvalue weighted by Gasteiger charge is 2.04. The zero-order valence-corrected chi connectivity index (χ0v) is 12.4. The minimum Gasteiger partial charge on any atom is -0.192 e. The largest absolute Gasteiger partial charge is 0.192 e. The lowest BCUT2D eigenvalue weighted by Gasteiger charge is -2.08. The second-order valence-electron chi connectivity index (χ2n) is 3.84. The van der Waals surface area contributed by atoms with Crippen LogP contribution in [0.3, 0.4) is 0 Å². The van der Waals surface area contributed by atoms with E-state index < -0.39 is 0 Å². The van der Waals surface area contributed by atoms with E-state index in [1.54, 1.807) is 11.8 Å². The molecule has 0 aliphatic rings. The van der Waals surface area contributed by atoms with Crippen LogP contribution in [0.25, 0.3) is 0 Å². The molecule has 0 saturated carbocycles. The van der Waals surface area contributed by atoms with Gasteiger partial charge in [-0.1, -0.05) is 34.6 Å². The molecule has 1 nitrogen and oxygen atoms in total. The monoisotopic (exact) mass is 317 g/mol. The number of nitrogens with zero attached hydrogens (tertiary/aromatic N) is 1. The molecule has 0 N–H and O–H groups in total. The fraction of sp³-hybridized carbons (Fsp3) is 0.133. The Morgan fingerprint density at radius 3 is 2.50 bits per heavy atom. The van der Waals surface area contributed by atoms with Gasteiger partial charge in [-0.05, 0) is 54.4 Å². The van der Waals surface area contributed by atoms with E-state index in [0.29, 0.717) is 5.56 Å². The molecule has 0 spiro atoms. The fourth-order valence-corrected chi connectivity index (χ4v) is 3.05. The van der Waals surface area contributed by atoms with Crippen LogP contribution in [0.2, 0.25) is 0 Å². The molecular weight excluding hydrogens is 306 g/mol. The van der Waals surface area contributed by atoms with Gasteiger partial charge in [-0.25, -0.2) is 0 Å². The van der Waals surface area contributed by atoms with Gasteiger partial charge in [-0.3, -0.25) is 0 Å². The van der Waals surface area contributed by atoms with E-state index in [9.17, 15) is 0 Å². The lowest BCUT2D eigenvalue weighted by molar-refractivity contribution is 1.08. The van der Waals surface area contributed by atoms with Gasteiger partial charge in [-0.15, -0.1) is 0 Å². The molecule has 2 rings (SSSR count). The average molecular weight is 318 g/mol. The van der Waals surface area contributed by atoms with Crippen molar-refractivity contribution < 1.29 is 0 Å². The number of halogens is 1. The molecule has 0 aliphatic heterocycles. The molecule has 0 heterocycles. The highest BCUT2D eigenvalue weighted by Crippen LogP contribution is 2.32. The van der Waals surface area contributed by atoms with Gasteiger partial charge in [0.05, 0.1) is 11.6 Å². The van der Waals surface area contributed by atoms with Crippen LogP contribution in [0, 0.1) is 11.3 Å². The molecule has 0 amide bonds. The van der Waals surface area contributed by atoms with E-state index in [2.05, 4.69) is 47.1 Å². The van der Waals surface area contributed by atoms with Gasteiger partial charge in [0.1, 0.15) is 0 Å². The smallest absolute Gasteiger partial charge is 0.0991 e. The molecule has 3 heteroatoms. The molecular formula is C15H12BrNS. The second kappa shape index (κ2) is 6.08. The molecule has 0 bridgehead atoms. The van der Waals surface area contributed by atoms with Gasteiger partial charge < -0.3 is 0 Å². The summed E-state index contributed by atoms with van der Waals surface area (Å²) < 4.78 is 1.11. The van der Waals surface area contributed by atoms with Crippen molar-refractivity contribution in [3.8, 4) is 6.07 Å². The van der Waals surface area contributed by atoms with Gasteiger partial charge >= 0.3 is 0 Å². The van der Waals surface area contributed by atoms with Gasteiger partial charge in [0.15, 0.2) is 0 Å². The summed E-state index contributed by atoms with van der Waals surface area (Å²) >= 11 is 5.23. The van der Waals surface area contributed by atoms with Gasteiger partial charge in [0.25, 0.3) is 0 Å². The summed E-state index contributed by atoms with van der Waals surface area (Å²) in [7, 11) is 0. The van der Waals surface area contributed by atoms with Gasteiger partial charge in [0.2, 0.25) is 0 Å². The second-order valence-corrected chi connectivity index (χ2v) is 5.87. The molecule has 2 aromatic rings. The van der Waals surface area contributed by atoms with E-state index in [4.69, 9.17) is 5.26 Å². The van der Waals surface area contributed by atoms with E-state index in [-0.39, 0.29) is 0 Å². The maximum Gasteiger partial charge on any atom is 0.0991 e. The Labute approximate surface area is 120 Å². The van der Waals surface area contributed by atoms with Crippen LogP contribution in [0.1, 0.15) is 18.1 Å². The summed E-state index contributed by atoms with van der Waals surface area (Å²) in [6.07, 6.45) is 1.01. The molecule has 0 atom stereocenters. The summed E-state index contributed by atoms with van der Waals surface area (Å²) in [5, 5.41) is 8.77. The zero-order chi connectivity index (χ0) is 13.0. The third-order valence-electron chi connectivity index (χ3n) is 2.61. The van der Waals surface area contributed by atoms with Crippen molar-refractivity contribution >= 4 is 27.7 Å². The SMILES string of the molecule is CCc1cc(Br)ccc1Sc1ccc(C#N)cc1. The molecule has 0 aliphatic carbocycles. The van der Waals surface area contributed by atoms with Crippen LogP contribution in [0.15, 0.2) is 56.7 Å². The van der Waals surface area contributed by atoms with Crippen LogP contribution in [-0.2, 0) is 6.42 Å². The van der Waals surface area contributed by atoms with E-state index in [0.717, 1.165) is 15.8 Å². The first-order chi connectivity index (χ1) is 8.72. The normalized spacial score (nSPS) is 10.1. The summed E-state index contributed by atoms with van der Waals surface area (Å²) in [6, 6.07) is 16.2. The Kier molecular flexibility index (Phi) is 4.46. The van der Waals surface area contributed by atoms with Gasteiger partial charge in [-0.2, -0.15) is 5.26 Å². The third kappa shape index (κ3) is 3.16. The number of hydrogen-bond donors (Lipinski definition) is 0. The molecule has 0 fully saturated rings. The predicted molar refractivity (Wildman–Crippen MR) is 78.8 cm³/mol. The van der Waals surface area contributed by atoms with Crippen molar-refractivity contribution in [1.82, 2.24) is 0 Å². The minimum atomic E-state index is 0.700. The first kappa shape index (κ1) is 13.2. The Morgan fingerprint density at radius 2 is 1.89 bits per heavy atom. The first-order valence-corrected chi connectivity index (χ1v) is 7.30. The molecule has 0 saturated heterocycles. The summed E-state index contributed by atoms with van der Waals surface area (Å²) in [4.78, 5) is 2.43. The zero-order valence-electron chi connectivity index (χ0n) is 9.98.